The molecular formula is C26H26N6O2. The minimum absolute atomic E-state index is 0.0287. The van der Waals surface area contributed by atoms with Crippen LogP contribution in [0.3, 0.4) is 0 Å². The first kappa shape index (κ1) is 20.9. The number of hydrogen-bond donors (Lipinski definition) is 1. The molecule has 1 aliphatic carbocycles. The first-order chi connectivity index (χ1) is 16.7. The van der Waals surface area contributed by atoms with Crippen molar-refractivity contribution < 1.29 is 4.74 Å². The minimum atomic E-state index is -0.0287. The lowest BCUT2D eigenvalue weighted by Gasteiger charge is -2.22. The van der Waals surface area contributed by atoms with Gasteiger partial charge in [-0.2, -0.15) is 5.26 Å². The van der Waals surface area contributed by atoms with Gasteiger partial charge in [-0.15, -0.1) is 0 Å². The second kappa shape index (κ2) is 8.58. The summed E-state index contributed by atoms with van der Waals surface area (Å²) in [5.74, 6) is 0.391. The summed E-state index contributed by atoms with van der Waals surface area (Å²) in [6.07, 6.45) is 13.4. The summed E-state index contributed by atoms with van der Waals surface area (Å²) in [6, 6.07) is 6.20. The fourth-order valence-corrected chi connectivity index (χ4v) is 5.27. The second-order valence-corrected chi connectivity index (χ2v) is 9.19. The van der Waals surface area contributed by atoms with Crippen LogP contribution in [0.15, 0.2) is 41.6 Å². The number of aromatic amines is 1. The molecule has 4 aromatic rings. The van der Waals surface area contributed by atoms with E-state index in [1.54, 1.807) is 23.2 Å². The van der Waals surface area contributed by atoms with E-state index in [4.69, 9.17) is 9.72 Å². The standard InChI is InChI=1S/C26H26N6O2/c27-13-21-20-6-9-28-24(20)29-15-22(21)18-12-23-25(30-14-18)32(19-4-2-1-3-5-19)26(33)31(23)16-17-7-10-34-11-8-17/h4,6,9,12,14-15,17H,1-3,5,7-8,10-11,16H2,(H,28,29). The molecule has 4 aromatic heterocycles. The molecule has 2 aliphatic rings. The SMILES string of the molecule is N#Cc1c(-c2cnc3c(c2)n(CC2CCOCC2)c(=O)n3C2=CCCCC2)cnc2[nH]ccc12. The number of pyridine rings is 2. The number of allylic oxidation sites excluding steroid dienone is 2. The molecule has 8 nitrogen and oxygen atoms in total. The Morgan fingerprint density at radius 2 is 2.09 bits per heavy atom. The van der Waals surface area contributed by atoms with Crippen molar-refractivity contribution in [2.45, 2.75) is 45.1 Å². The van der Waals surface area contributed by atoms with Crippen molar-refractivity contribution in [3.05, 3.63) is 52.8 Å². The largest absolute Gasteiger partial charge is 0.381 e. The maximum atomic E-state index is 13.7. The molecule has 172 valence electrons. The van der Waals surface area contributed by atoms with Crippen LogP contribution >= 0.6 is 0 Å². The third-order valence-corrected chi connectivity index (χ3v) is 7.12. The fourth-order valence-electron chi connectivity index (χ4n) is 5.27. The molecule has 1 fully saturated rings. The molecule has 1 saturated heterocycles. The van der Waals surface area contributed by atoms with E-state index >= 15 is 0 Å². The lowest BCUT2D eigenvalue weighted by Crippen LogP contribution is -2.29. The van der Waals surface area contributed by atoms with Crippen molar-refractivity contribution in [3.63, 3.8) is 0 Å². The number of nitrogens with one attached hydrogen (secondary N) is 1. The van der Waals surface area contributed by atoms with Crippen LogP contribution in [0.25, 0.3) is 39.0 Å². The average Bonchev–Trinajstić information content (AvgIpc) is 3.47. The Balaban J connectivity index is 1.54. The van der Waals surface area contributed by atoms with E-state index in [0.29, 0.717) is 29.3 Å². The van der Waals surface area contributed by atoms with Crippen LogP contribution in [-0.2, 0) is 11.3 Å². The quantitative estimate of drug-likeness (QED) is 0.491. The number of hydrogen-bond acceptors (Lipinski definition) is 5. The summed E-state index contributed by atoms with van der Waals surface area (Å²) >= 11 is 0. The van der Waals surface area contributed by atoms with Gasteiger partial charge in [0.05, 0.1) is 11.1 Å². The Labute approximate surface area is 196 Å². The Hall–Kier alpha value is -3.70. The number of rotatable bonds is 4. The predicted octanol–water partition coefficient (Wildman–Crippen LogP) is 4.45. The van der Waals surface area contributed by atoms with E-state index in [1.807, 2.05) is 16.7 Å². The Morgan fingerprint density at radius 1 is 1.21 bits per heavy atom. The molecule has 5 heterocycles. The number of nitriles is 1. The molecule has 0 amide bonds. The van der Waals surface area contributed by atoms with Crippen molar-refractivity contribution >= 4 is 27.9 Å². The number of H-pyrrole nitrogens is 1. The van der Waals surface area contributed by atoms with Crippen LogP contribution in [0.1, 0.15) is 44.1 Å². The summed E-state index contributed by atoms with van der Waals surface area (Å²) in [5, 5.41) is 10.7. The maximum absolute atomic E-state index is 13.7. The van der Waals surface area contributed by atoms with Gasteiger partial charge in [0.15, 0.2) is 5.65 Å². The molecule has 0 unspecified atom stereocenters. The van der Waals surface area contributed by atoms with E-state index in [2.05, 4.69) is 22.1 Å². The monoisotopic (exact) mass is 454 g/mol. The molecule has 6 rings (SSSR count). The van der Waals surface area contributed by atoms with E-state index in [-0.39, 0.29) is 5.69 Å². The summed E-state index contributed by atoms with van der Waals surface area (Å²) in [7, 11) is 0. The Morgan fingerprint density at radius 3 is 2.88 bits per heavy atom. The van der Waals surface area contributed by atoms with Crippen LogP contribution < -0.4 is 5.69 Å². The normalized spacial score (nSPS) is 17.2. The van der Waals surface area contributed by atoms with E-state index in [1.165, 1.54) is 0 Å². The number of ether oxygens (including phenoxy) is 1. The van der Waals surface area contributed by atoms with E-state index in [0.717, 1.165) is 79.5 Å². The van der Waals surface area contributed by atoms with Gasteiger partial charge in [0.1, 0.15) is 11.7 Å². The van der Waals surface area contributed by atoms with Crippen LogP contribution in [0.2, 0.25) is 0 Å². The lowest BCUT2D eigenvalue weighted by atomic mass is 10.00. The zero-order valence-corrected chi connectivity index (χ0v) is 19.0. The molecule has 0 radical (unpaired) electrons. The van der Waals surface area contributed by atoms with Gasteiger partial charge in [0, 0.05) is 60.6 Å². The molecule has 0 bridgehead atoms. The summed E-state index contributed by atoms with van der Waals surface area (Å²) < 4.78 is 9.21. The highest BCUT2D eigenvalue weighted by Crippen LogP contribution is 2.31. The zero-order chi connectivity index (χ0) is 23.1. The van der Waals surface area contributed by atoms with Crippen LogP contribution in [0.5, 0.6) is 0 Å². The molecule has 34 heavy (non-hydrogen) atoms. The Bertz CT molecular complexity index is 1510. The molecule has 1 N–H and O–H groups in total. The van der Waals surface area contributed by atoms with Gasteiger partial charge in [-0.3, -0.25) is 4.57 Å². The van der Waals surface area contributed by atoms with E-state index < -0.39 is 0 Å². The molecule has 8 heteroatoms. The summed E-state index contributed by atoms with van der Waals surface area (Å²) in [5.41, 5.74) is 5.25. The van der Waals surface area contributed by atoms with Crippen molar-refractivity contribution in [2.24, 2.45) is 5.92 Å². The molecule has 0 spiro atoms. The van der Waals surface area contributed by atoms with Crippen molar-refractivity contribution in [1.82, 2.24) is 24.1 Å². The van der Waals surface area contributed by atoms with Gasteiger partial charge in [-0.1, -0.05) is 6.08 Å². The number of fused-ring (bicyclic) bond motifs is 2. The number of imidazole rings is 1. The van der Waals surface area contributed by atoms with Gasteiger partial charge in [0.25, 0.3) is 0 Å². The first-order valence-corrected chi connectivity index (χ1v) is 12.0. The van der Waals surface area contributed by atoms with Crippen LogP contribution in [-0.4, -0.2) is 37.3 Å². The third-order valence-electron chi connectivity index (χ3n) is 7.12. The number of aromatic nitrogens is 5. The van der Waals surface area contributed by atoms with Gasteiger partial charge in [-0.25, -0.2) is 19.3 Å². The van der Waals surface area contributed by atoms with Gasteiger partial charge in [-0.05, 0) is 56.6 Å². The third kappa shape index (κ3) is 3.44. The summed E-state index contributed by atoms with van der Waals surface area (Å²) in [6.45, 7) is 2.12. The van der Waals surface area contributed by atoms with Crippen molar-refractivity contribution in [2.75, 3.05) is 13.2 Å². The molecule has 0 saturated carbocycles. The molecule has 1 aliphatic heterocycles. The minimum Gasteiger partial charge on any atom is -0.381 e. The van der Waals surface area contributed by atoms with E-state index in [9.17, 15) is 10.1 Å². The molecular weight excluding hydrogens is 428 g/mol. The molecule has 0 aromatic carbocycles. The highest BCUT2D eigenvalue weighted by Gasteiger charge is 2.23. The topological polar surface area (TPSA) is 102 Å². The smallest absolute Gasteiger partial charge is 0.334 e. The van der Waals surface area contributed by atoms with Gasteiger partial charge < -0.3 is 9.72 Å². The second-order valence-electron chi connectivity index (χ2n) is 9.19. The number of nitrogens with zero attached hydrogens (tertiary/aromatic N) is 5. The highest BCUT2D eigenvalue weighted by molar-refractivity contribution is 5.91. The van der Waals surface area contributed by atoms with Crippen LogP contribution in [0, 0.1) is 17.2 Å². The fraction of sp³-hybridized carbons (Fsp3) is 0.385. The average molecular weight is 455 g/mol. The lowest BCUT2D eigenvalue weighted by molar-refractivity contribution is 0.0613. The first-order valence-electron chi connectivity index (χ1n) is 12.0. The maximum Gasteiger partial charge on any atom is 0.334 e. The van der Waals surface area contributed by atoms with Crippen molar-refractivity contribution in [3.8, 4) is 17.2 Å². The molecule has 0 atom stereocenters. The zero-order valence-electron chi connectivity index (χ0n) is 19.0. The Kier molecular flexibility index (Phi) is 5.27. The van der Waals surface area contributed by atoms with Crippen LogP contribution in [0.4, 0.5) is 0 Å². The predicted molar refractivity (Wildman–Crippen MR) is 130 cm³/mol. The van der Waals surface area contributed by atoms with Gasteiger partial charge in [0.2, 0.25) is 0 Å². The summed E-state index contributed by atoms with van der Waals surface area (Å²) in [4.78, 5) is 26.0. The van der Waals surface area contributed by atoms with Crippen molar-refractivity contribution in [1.29, 1.82) is 5.26 Å². The highest BCUT2D eigenvalue weighted by atomic mass is 16.5. The van der Waals surface area contributed by atoms with Gasteiger partial charge >= 0.3 is 5.69 Å².